The quantitative estimate of drug-likeness (QED) is 0.684. The van der Waals surface area contributed by atoms with E-state index in [4.69, 9.17) is 5.11 Å². The molecule has 0 heterocycles. The maximum absolute atomic E-state index is 9.11. The van der Waals surface area contributed by atoms with E-state index in [2.05, 4.69) is 19.2 Å². The third-order valence-corrected chi connectivity index (χ3v) is 3.14. The topological polar surface area (TPSA) is 32.3 Å². The van der Waals surface area contributed by atoms with E-state index in [-0.39, 0.29) is 6.61 Å². The van der Waals surface area contributed by atoms with Gasteiger partial charge in [-0.2, -0.15) is 0 Å². The van der Waals surface area contributed by atoms with Gasteiger partial charge in [0, 0.05) is 6.04 Å². The zero-order chi connectivity index (χ0) is 9.68. The number of hydrogen-bond acceptors (Lipinski definition) is 2. The second kappa shape index (κ2) is 5.61. The fraction of sp³-hybridized carbons (Fsp3) is 1.00. The summed E-state index contributed by atoms with van der Waals surface area (Å²) in [7, 11) is 0. The molecule has 13 heavy (non-hydrogen) atoms. The lowest BCUT2D eigenvalue weighted by Gasteiger charge is -2.22. The number of rotatable bonds is 5. The predicted octanol–water partition coefficient (Wildman–Crippen LogP) is 1.78. The summed E-state index contributed by atoms with van der Waals surface area (Å²) in [5.41, 5.74) is 0. The standard InChI is InChI=1S/C11H23NO/c1-9(2)11(8-13)12-7-10-5-3-4-6-10/h9-13H,3-8H2,1-2H3/t11-/m1/s1. The molecule has 2 heteroatoms. The van der Waals surface area contributed by atoms with Crippen molar-refractivity contribution in [3.63, 3.8) is 0 Å². The SMILES string of the molecule is CC(C)[C@@H](CO)NCC1CCCC1. The Balaban J connectivity index is 2.15. The molecule has 0 saturated heterocycles. The molecule has 0 unspecified atom stereocenters. The lowest BCUT2D eigenvalue weighted by molar-refractivity contribution is 0.205. The van der Waals surface area contributed by atoms with Gasteiger partial charge in [0.05, 0.1) is 6.61 Å². The lowest BCUT2D eigenvalue weighted by atomic mass is 10.0. The lowest BCUT2D eigenvalue weighted by Crippen LogP contribution is -2.39. The van der Waals surface area contributed by atoms with Crippen molar-refractivity contribution >= 4 is 0 Å². The highest BCUT2D eigenvalue weighted by Gasteiger charge is 2.17. The number of nitrogens with one attached hydrogen (secondary N) is 1. The Hall–Kier alpha value is -0.0800. The van der Waals surface area contributed by atoms with Gasteiger partial charge in [-0.1, -0.05) is 26.7 Å². The van der Waals surface area contributed by atoms with Crippen molar-refractivity contribution in [3.05, 3.63) is 0 Å². The van der Waals surface area contributed by atoms with Crippen molar-refractivity contribution in [2.75, 3.05) is 13.2 Å². The van der Waals surface area contributed by atoms with Crippen LogP contribution in [0.5, 0.6) is 0 Å². The van der Waals surface area contributed by atoms with Crippen LogP contribution < -0.4 is 5.32 Å². The largest absolute Gasteiger partial charge is 0.395 e. The first-order valence-electron chi connectivity index (χ1n) is 5.58. The van der Waals surface area contributed by atoms with Gasteiger partial charge in [0.25, 0.3) is 0 Å². The Kier molecular flexibility index (Phi) is 4.74. The van der Waals surface area contributed by atoms with E-state index in [0.717, 1.165) is 12.5 Å². The molecule has 0 spiro atoms. The fourth-order valence-corrected chi connectivity index (χ4v) is 2.04. The highest BCUT2D eigenvalue weighted by atomic mass is 16.3. The molecule has 0 aromatic rings. The number of aliphatic hydroxyl groups excluding tert-OH is 1. The van der Waals surface area contributed by atoms with Gasteiger partial charge in [-0.25, -0.2) is 0 Å². The summed E-state index contributed by atoms with van der Waals surface area (Å²) in [6.45, 7) is 5.68. The molecule has 0 aliphatic heterocycles. The monoisotopic (exact) mass is 185 g/mol. The van der Waals surface area contributed by atoms with Crippen molar-refractivity contribution in [1.29, 1.82) is 0 Å². The molecular weight excluding hydrogens is 162 g/mol. The Labute approximate surface area is 81.7 Å². The van der Waals surface area contributed by atoms with Crippen LogP contribution in [0.1, 0.15) is 39.5 Å². The summed E-state index contributed by atoms with van der Waals surface area (Å²) in [6.07, 6.45) is 5.56. The predicted molar refractivity (Wildman–Crippen MR) is 55.7 cm³/mol. The van der Waals surface area contributed by atoms with E-state index < -0.39 is 0 Å². The zero-order valence-electron chi connectivity index (χ0n) is 8.92. The summed E-state index contributed by atoms with van der Waals surface area (Å²) < 4.78 is 0. The molecule has 1 atom stereocenters. The van der Waals surface area contributed by atoms with E-state index >= 15 is 0 Å². The molecule has 1 aliphatic carbocycles. The van der Waals surface area contributed by atoms with Crippen molar-refractivity contribution in [2.24, 2.45) is 11.8 Å². The van der Waals surface area contributed by atoms with Gasteiger partial charge in [0.1, 0.15) is 0 Å². The van der Waals surface area contributed by atoms with E-state index in [1.54, 1.807) is 0 Å². The molecule has 1 fully saturated rings. The Morgan fingerprint density at radius 1 is 1.31 bits per heavy atom. The highest BCUT2D eigenvalue weighted by molar-refractivity contribution is 4.74. The molecule has 0 aromatic heterocycles. The molecule has 0 radical (unpaired) electrons. The molecule has 1 saturated carbocycles. The van der Waals surface area contributed by atoms with E-state index in [9.17, 15) is 0 Å². The van der Waals surface area contributed by atoms with E-state index in [1.165, 1.54) is 25.7 Å². The molecule has 1 aliphatic rings. The minimum absolute atomic E-state index is 0.268. The van der Waals surface area contributed by atoms with Crippen molar-refractivity contribution in [3.8, 4) is 0 Å². The van der Waals surface area contributed by atoms with Crippen LogP contribution in [0.15, 0.2) is 0 Å². The third-order valence-electron chi connectivity index (χ3n) is 3.14. The maximum atomic E-state index is 9.11. The summed E-state index contributed by atoms with van der Waals surface area (Å²) in [6, 6.07) is 0.292. The van der Waals surface area contributed by atoms with Gasteiger partial charge in [-0.3, -0.25) is 0 Å². The maximum Gasteiger partial charge on any atom is 0.0587 e. The molecule has 0 aromatic carbocycles. The summed E-state index contributed by atoms with van der Waals surface area (Å²) in [4.78, 5) is 0. The molecule has 2 N–H and O–H groups in total. The average molecular weight is 185 g/mol. The van der Waals surface area contributed by atoms with Gasteiger partial charge in [0.2, 0.25) is 0 Å². The van der Waals surface area contributed by atoms with Gasteiger partial charge in [-0.05, 0) is 31.2 Å². The van der Waals surface area contributed by atoms with Crippen LogP contribution in [0.25, 0.3) is 0 Å². The van der Waals surface area contributed by atoms with Crippen LogP contribution in [0.3, 0.4) is 0 Å². The van der Waals surface area contributed by atoms with Crippen LogP contribution >= 0.6 is 0 Å². The van der Waals surface area contributed by atoms with E-state index in [0.29, 0.717) is 12.0 Å². The first kappa shape index (κ1) is 11.0. The van der Waals surface area contributed by atoms with Crippen LogP contribution in [0, 0.1) is 11.8 Å². The second-order valence-electron chi connectivity index (χ2n) is 4.59. The Morgan fingerprint density at radius 2 is 1.92 bits per heavy atom. The van der Waals surface area contributed by atoms with Crippen LogP contribution in [0.2, 0.25) is 0 Å². The minimum Gasteiger partial charge on any atom is -0.395 e. The first-order chi connectivity index (χ1) is 6.24. The Bertz CT molecular complexity index is 130. The fourth-order valence-electron chi connectivity index (χ4n) is 2.04. The average Bonchev–Trinajstić information content (AvgIpc) is 2.57. The van der Waals surface area contributed by atoms with Crippen LogP contribution in [-0.4, -0.2) is 24.3 Å². The molecule has 0 amide bonds. The smallest absolute Gasteiger partial charge is 0.0587 e. The normalized spacial score (nSPS) is 21.2. The van der Waals surface area contributed by atoms with Gasteiger partial charge in [-0.15, -0.1) is 0 Å². The molecular formula is C11H23NO. The molecule has 78 valence electrons. The number of aliphatic hydroxyl groups is 1. The summed E-state index contributed by atoms with van der Waals surface area (Å²) in [5.74, 6) is 1.40. The third kappa shape index (κ3) is 3.65. The van der Waals surface area contributed by atoms with Crippen molar-refractivity contribution in [2.45, 2.75) is 45.6 Å². The molecule has 2 nitrogen and oxygen atoms in total. The minimum atomic E-state index is 0.268. The number of hydrogen-bond donors (Lipinski definition) is 2. The molecule has 0 bridgehead atoms. The van der Waals surface area contributed by atoms with E-state index in [1.807, 2.05) is 0 Å². The van der Waals surface area contributed by atoms with Gasteiger partial charge >= 0.3 is 0 Å². The molecule has 1 rings (SSSR count). The van der Waals surface area contributed by atoms with Crippen molar-refractivity contribution < 1.29 is 5.11 Å². The zero-order valence-corrected chi connectivity index (χ0v) is 8.92. The summed E-state index contributed by atoms with van der Waals surface area (Å²) in [5, 5.41) is 12.6. The Morgan fingerprint density at radius 3 is 2.38 bits per heavy atom. The van der Waals surface area contributed by atoms with Crippen LogP contribution in [-0.2, 0) is 0 Å². The summed E-state index contributed by atoms with van der Waals surface area (Å²) >= 11 is 0. The highest BCUT2D eigenvalue weighted by Crippen LogP contribution is 2.23. The van der Waals surface area contributed by atoms with Gasteiger partial charge in [0.15, 0.2) is 0 Å². The second-order valence-corrected chi connectivity index (χ2v) is 4.59. The van der Waals surface area contributed by atoms with Crippen molar-refractivity contribution in [1.82, 2.24) is 5.32 Å². The first-order valence-corrected chi connectivity index (χ1v) is 5.58. The van der Waals surface area contributed by atoms with Crippen LogP contribution in [0.4, 0.5) is 0 Å². The van der Waals surface area contributed by atoms with Gasteiger partial charge < -0.3 is 10.4 Å².